The van der Waals surface area contributed by atoms with E-state index in [0.29, 0.717) is 5.56 Å². The Morgan fingerprint density at radius 1 is 1.22 bits per heavy atom. The minimum absolute atomic E-state index is 0.633. The molecule has 0 radical (unpaired) electrons. The lowest BCUT2D eigenvalue weighted by Gasteiger charge is -2.11. The highest BCUT2D eigenvalue weighted by atomic mass is 79.9. The van der Waals surface area contributed by atoms with Crippen LogP contribution in [-0.2, 0) is 0 Å². The molecule has 0 heterocycles. The second-order valence-electron chi connectivity index (χ2n) is 3.67. The van der Waals surface area contributed by atoms with Crippen molar-refractivity contribution >= 4 is 39.1 Å². The second-order valence-corrected chi connectivity index (χ2v) is 5.43. The Morgan fingerprint density at radius 3 is 2.72 bits per heavy atom. The largest absolute Gasteiger partial charge is 0.355 e. The van der Waals surface area contributed by atoms with Crippen LogP contribution in [-0.4, -0.2) is 6.26 Å². The maximum absolute atomic E-state index is 8.95. The van der Waals surface area contributed by atoms with Crippen LogP contribution >= 0.6 is 27.7 Å². The van der Waals surface area contributed by atoms with E-state index in [4.69, 9.17) is 5.26 Å². The van der Waals surface area contributed by atoms with Gasteiger partial charge in [-0.3, -0.25) is 0 Å². The molecular weight excluding hydrogens is 308 g/mol. The highest BCUT2D eigenvalue weighted by molar-refractivity contribution is 9.10. The number of para-hydroxylation sites is 1. The number of hydrogen-bond acceptors (Lipinski definition) is 3. The van der Waals surface area contributed by atoms with E-state index in [1.165, 1.54) is 4.90 Å². The summed E-state index contributed by atoms with van der Waals surface area (Å²) in [5.74, 6) is 0. The smallest absolute Gasteiger partial charge is 0.0992 e. The fraction of sp³-hybridized carbons (Fsp3) is 0.0714. The molecule has 2 aromatic rings. The van der Waals surface area contributed by atoms with Gasteiger partial charge in [-0.1, -0.05) is 28.1 Å². The van der Waals surface area contributed by atoms with Crippen molar-refractivity contribution < 1.29 is 0 Å². The number of thioether (sulfide) groups is 1. The highest BCUT2D eigenvalue weighted by Gasteiger charge is 2.03. The van der Waals surface area contributed by atoms with Crippen LogP contribution in [0.15, 0.2) is 51.8 Å². The van der Waals surface area contributed by atoms with Gasteiger partial charge >= 0.3 is 0 Å². The van der Waals surface area contributed by atoms with Crippen molar-refractivity contribution in [3.05, 3.63) is 52.5 Å². The lowest BCUT2D eigenvalue weighted by atomic mass is 10.2. The third-order valence-corrected chi connectivity index (χ3v) is 3.67. The first kappa shape index (κ1) is 13.0. The first-order valence-corrected chi connectivity index (χ1v) is 7.35. The van der Waals surface area contributed by atoms with Gasteiger partial charge in [0.2, 0.25) is 0 Å². The standard InChI is InChI=1S/C14H11BrN2S/c1-18-14-5-3-2-4-13(14)17-12-7-10(9-16)6-11(15)8-12/h2-8,17H,1H3. The molecule has 0 unspecified atom stereocenters. The third kappa shape index (κ3) is 3.06. The van der Waals surface area contributed by atoms with Crippen molar-refractivity contribution in [2.75, 3.05) is 11.6 Å². The number of hydrogen-bond donors (Lipinski definition) is 1. The predicted octanol–water partition coefficient (Wildman–Crippen LogP) is 4.79. The summed E-state index contributed by atoms with van der Waals surface area (Å²) in [6.45, 7) is 0. The van der Waals surface area contributed by atoms with E-state index in [1.807, 2.05) is 36.6 Å². The van der Waals surface area contributed by atoms with Crippen LogP contribution < -0.4 is 5.32 Å². The molecule has 1 N–H and O–H groups in total. The minimum atomic E-state index is 0.633. The molecule has 2 aromatic carbocycles. The number of nitriles is 1. The molecule has 0 spiro atoms. The van der Waals surface area contributed by atoms with Crippen LogP contribution in [0.4, 0.5) is 11.4 Å². The zero-order valence-electron chi connectivity index (χ0n) is 9.77. The quantitative estimate of drug-likeness (QED) is 0.827. The number of rotatable bonds is 3. The van der Waals surface area contributed by atoms with E-state index in [2.05, 4.69) is 33.4 Å². The van der Waals surface area contributed by atoms with E-state index < -0.39 is 0 Å². The zero-order valence-corrected chi connectivity index (χ0v) is 12.2. The lowest BCUT2D eigenvalue weighted by molar-refractivity contribution is 1.40. The number of benzene rings is 2. The maximum atomic E-state index is 8.95. The van der Waals surface area contributed by atoms with Gasteiger partial charge in [0.1, 0.15) is 0 Å². The molecule has 18 heavy (non-hydrogen) atoms. The van der Waals surface area contributed by atoms with E-state index >= 15 is 0 Å². The molecule has 0 aromatic heterocycles. The second kappa shape index (κ2) is 5.94. The van der Waals surface area contributed by atoms with Gasteiger partial charge in [-0.05, 0) is 36.6 Å². The van der Waals surface area contributed by atoms with Crippen molar-refractivity contribution in [3.63, 3.8) is 0 Å². The Bertz CT molecular complexity index is 605. The Kier molecular flexibility index (Phi) is 4.29. The van der Waals surface area contributed by atoms with Gasteiger partial charge in [0.05, 0.1) is 17.3 Å². The van der Waals surface area contributed by atoms with E-state index in [0.717, 1.165) is 15.8 Å². The summed E-state index contributed by atoms with van der Waals surface area (Å²) in [4.78, 5) is 1.18. The summed E-state index contributed by atoms with van der Waals surface area (Å²) in [5, 5.41) is 12.3. The van der Waals surface area contributed by atoms with Gasteiger partial charge in [0.25, 0.3) is 0 Å². The number of anilines is 2. The number of nitrogens with zero attached hydrogens (tertiary/aromatic N) is 1. The van der Waals surface area contributed by atoms with Crippen LogP contribution in [0.25, 0.3) is 0 Å². The number of nitrogens with one attached hydrogen (secondary N) is 1. The van der Waals surface area contributed by atoms with Crippen LogP contribution in [0, 0.1) is 11.3 Å². The average molecular weight is 319 g/mol. The molecule has 2 nitrogen and oxygen atoms in total. The SMILES string of the molecule is CSc1ccccc1Nc1cc(Br)cc(C#N)c1. The van der Waals surface area contributed by atoms with Crippen molar-refractivity contribution in [1.29, 1.82) is 5.26 Å². The third-order valence-electron chi connectivity index (χ3n) is 2.41. The van der Waals surface area contributed by atoms with Gasteiger partial charge in [0, 0.05) is 15.1 Å². The van der Waals surface area contributed by atoms with Crippen LogP contribution in [0.2, 0.25) is 0 Å². The monoisotopic (exact) mass is 318 g/mol. The maximum Gasteiger partial charge on any atom is 0.0992 e. The average Bonchev–Trinajstić information content (AvgIpc) is 2.38. The topological polar surface area (TPSA) is 35.8 Å². The molecule has 0 saturated heterocycles. The molecule has 0 aliphatic carbocycles. The van der Waals surface area contributed by atoms with Gasteiger partial charge in [-0.25, -0.2) is 0 Å². The van der Waals surface area contributed by atoms with Crippen LogP contribution in [0.3, 0.4) is 0 Å². The van der Waals surface area contributed by atoms with E-state index in [-0.39, 0.29) is 0 Å². The van der Waals surface area contributed by atoms with Crippen molar-refractivity contribution in [2.45, 2.75) is 4.90 Å². The van der Waals surface area contributed by atoms with Gasteiger partial charge in [-0.15, -0.1) is 11.8 Å². The molecule has 0 amide bonds. The van der Waals surface area contributed by atoms with Crippen LogP contribution in [0.5, 0.6) is 0 Å². The van der Waals surface area contributed by atoms with E-state index in [9.17, 15) is 0 Å². The highest BCUT2D eigenvalue weighted by Crippen LogP contribution is 2.29. The van der Waals surface area contributed by atoms with Crippen molar-refractivity contribution in [2.24, 2.45) is 0 Å². The van der Waals surface area contributed by atoms with E-state index in [1.54, 1.807) is 17.8 Å². The molecule has 90 valence electrons. The van der Waals surface area contributed by atoms with Crippen molar-refractivity contribution in [3.8, 4) is 6.07 Å². The Morgan fingerprint density at radius 2 is 2.00 bits per heavy atom. The minimum Gasteiger partial charge on any atom is -0.355 e. The first-order valence-electron chi connectivity index (χ1n) is 5.33. The fourth-order valence-corrected chi connectivity index (χ4v) is 2.68. The summed E-state index contributed by atoms with van der Waals surface area (Å²) < 4.78 is 0.894. The molecular formula is C14H11BrN2S. The molecule has 0 fully saturated rings. The first-order chi connectivity index (χ1) is 8.72. The fourth-order valence-electron chi connectivity index (χ4n) is 1.63. The van der Waals surface area contributed by atoms with Gasteiger partial charge < -0.3 is 5.32 Å². The summed E-state index contributed by atoms with van der Waals surface area (Å²) >= 11 is 5.10. The summed E-state index contributed by atoms with van der Waals surface area (Å²) in [7, 11) is 0. The summed E-state index contributed by atoms with van der Waals surface area (Å²) in [6, 6.07) is 15.8. The van der Waals surface area contributed by atoms with Gasteiger partial charge in [0.15, 0.2) is 0 Å². The number of halogens is 1. The predicted molar refractivity (Wildman–Crippen MR) is 80.4 cm³/mol. The summed E-state index contributed by atoms with van der Waals surface area (Å²) in [5.41, 5.74) is 2.59. The Labute approximate surface area is 119 Å². The molecule has 4 heteroatoms. The molecule has 0 bridgehead atoms. The molecule has 0 aliphatic heterocycles. The van der Waals surface area contributed by atoms with Crippen molar-refractivity contribution in [1.82, 2.24) is 0 Å². The zero-order chi connectivity index (χ0) is 13.0. The molecule has 0 aliphatic rings. The molecule has 2 rings (SSSR count). The normalized spacial score (nSPS) is 9.83. The Balaban J connectivity index is 2.34. The lowest BCUT2D eigenvalue weighted by Crippen LogP contribution is -1.93. The molecule has 0 atom stereocenters. The molecule has 0 saturated carbocycles. The Hall–Kier alpha value is -1.44. The summed E-state index contributed by atoms with van der Waals surface area (Å²) in [6.07, 6.45) is 2.04. The van der Waals surface area contributed by atoms with Gasteiger partial charge in [-0.2, -0.15) is 5.26 Å². The van der Waals surface area contributed by atoms with Crippen LogP contribution in [0.1, 0.15) is 5.56 Å².